The molecular formula is C44H51ClF3N5O6S3. The summed E-state index contributed by atoms with van der Waals surface area (Å²) in [6.07, 6.45) is 5.48. The first-order valence-electron chi connectivity index (χ1n) is 20.5. The summed E-state index contributed by atoms with van der Waals surface area (Å²) in [5.74, 6) is -0.665. The van der Waals surface area contributed by atoms with Crippen LogP contribution in [0.1, 0.15) is 54.4 Å². The van der Waals surface area contributed by atoms with Gasteiger partial charge in [-0.25, -0.2) is 21.6 Å². The Morgan fingerprint density at radius 1 is 0.871 bits per heavy atom. The van der Waals surface area contributed by atoms with Crippen molar-refractivity contribution < 1.29 is 39.5 Å². The minimum Gasteiger partial charge on any atom is -0.384 e. The van der Waals surface area contributed by atoms with E-state index in [-0.39, 0.29) is 5.56 Å². The highest BCUT2D eigenvalue weighted by Crippen LogP contribution is 2.37. The van der Waals surface area contributed by atoms with Gasteiger partial charge in [0, 0.05) is 65.7 Å². The van der Waals surface area contributed by atoms with E-state index >= 15 is 0 Å². The number of ether oxygens (including phenoxy) is 1. The van der Waals surface area contributed by atoms with Crippen molar-refractivity contribution in [2.24, 2.45) is 0 Å². The molecule has 6 rings (SSSR count). The van der Waals surface area contributed by atoms with Gasteiger partial charge in [0.05, 0.1) is 23.8 Å². The number of sulfonamides is 1. The Morgan fingerprint density at radius 3 is 2.29 bits per heavy atom. The summed E-state index contributed by atoms with van der Waals surface area (Å²) in [4.78, 5) is 14.2. The van der Waals surface area contributed by atoms with E-state index in [9.17, 15) is 34.8 Å². The minimum absolute atomic E-state index is 0.0338. The molecule has 0 radical (unpaired) electrons. The monoisotopic (exact) mass is 933 g/mol. The zero-order valence-corrected chi connectivity index (χ0v) is 37.3. The maximum atomic E-state index is 14.1. The van der Waals surface area contributed by atoms with E-state index in [1.54, 1.807) is 12.1 Å². The number of rotatable bonds is 20. The van der Waals surface area contributed by atoms with Gasteiger partial charge in [-0.1, -0.05) is 47.5 Å². The lowest BCUT2D eigenvalue weighted by molar-refractivity contribution is -0.0435. The van der Waals surface area contributed by atoms with Crippen molar-refractivity contribution in [2.45, 2.75) is 64.8 Å². The second kappa shape index (κ2) is 22.0. The fourth-order valence-electron chi connectivity index (χ4n) is 7.33. The number of nitrogens with one attached hydrogen (secondary N) is 4. The molecular weight excluding hydrogens is 883 g/mol. The molecule has 0 unspecified atom stereocenters. The molecule has 1 saturated heterocycles. The lowest BCUT2D eigenvalue weighted by Gasteiger charge is -2.28. The standard InChI is InChI=1S/C44H51ClF3N5O6S3/c45-35-16-12-32(13-17-35)40-11-5-4-7-34(40)30-49-22-23-50-36-18-14-33(15-19-36)43(54)52-62(57,58)39-20-21-41(42(29-39)61(55,56)44(46,47)48)51-37(31-60-38-9-2-1-3-10-38)8-6-24-53-25-27-59-28-26-53/h1-3,9-10,12-21,29,37,49-51H,4-8,11,22-28,30-31H2,(H,52,54)/t37-/m1/s1. The highest BCUT2D eigenvalue weighted by atomic mass is 35.5. The molecule has 1 amide bonds. The summed E-state index contributed by atoms with van der Waals surface area (Å²) in [5, 5.41) is 10.4. The van der Waals surface area contributed by atoms with Crippen LogP contribution in [0.25, 0.3) is 5.57 Å². The number of hydrogen-bond acceptors (Lipinski definition) is 11. The highest BCUT2D eigenvalue weighted by Gasteiger charge is 2.48. The molecule has 0 bridgehead atoms. The lowest BCUT2D eigenvalue weighted by Crippen LogP contribution is -2.37. The van der Waals surface area contributed by atoms with Gasteiger partial charge in [-0.15, -0.1) is 11.8 Å². The Labute approximate surface area is 371 Å². The summed E-state index contributed by atoms with van der Waals surface area (Å²) in [6.45, 7) is 5.41. The molecule has 2 aliphatic rings. The number of sulfone groups is 1. The normalized spacial score (nSPS) is 15.9. The summed E-state index contributed by atoms with van der Waals surface area (Å²) in [5.41, 5.74) is -1.57. The molecule has 1 heterocycles. The van der Waals surface area contributed by atoms with Gasteiger partial charge in [-0.05, 0) is 123 Å². The molecule has 4 N–H and O–H groups in total. The topological polar surface area (TPSA) is 146 Å². The van der Waals surface area contributed by atoms with Gasteiger partial charge in [0.15, 0.2) is 0 Å². The van der Waals surface area contributed by atoms with E-state index in [1.807, 2.05) is 47.2 Å². The summed E-state index contributed by atoms with van der Waals surface area (Å²) in [7, 11) is -10.9. The van der Waals surface area contributed by atoms with Gasteiger partial charge in [0.1, 0.15) is 4.90 Å². The molecule has 62 heavy (non-hydrogen) atoms. The third-order valence-corrected chi connectivity index (χ3v) is 14.9. The molecule has 1 aliphatic heterocycles. The van der Waals surface area contributed by atoms with Crippen molar-refractivity contribution in [2.75, 3.05) is 68.9 Å². The van der Waals surface area contributed by atoms with E-state index in [2.05, 4.69) is 33.0 Å². The second-order valence-corrected chi connectivity index (χ2v) is 20.2. The molecule has 4 aromatic rings. The molecule has 18 heteroatoms. The number of nitrogens with zero attached hydrogens (tertiary/aromatic N) is 1. The second-order valence-electron chi connectivity index (χ2n) is 15.1. The highest BCUT2D eigenvalue weighted by molar-refractivity contribution is 7.99. The first-order chi connectivity index (χ1) is 29.7. The number of carbonyl (C=O) groups excluding carboxylic acids is 1. The number of halogens is 4. The zero-order valence-electron chi connectivity index (χ0n) is 34.1. The third-order valence-electron chi connectivity index (χ3n) is 10.7. The predicted molar refractivity (Wildman–Crippen MR) is 240 cm³/mol. The van der Waals surface area contributed by atoms with Crippen LogP contribution in [-0.4, -0.2) is 97.4 Å². The first kappa shape index (κ1) is 47.4. The molecule has 0 spiro atoms. The maximum Gasteiger partial charge on any atom is 0.501 e. The summed E-state index contributed by atoms with van der Waals surface area (Å²) in [6, 6.07) is 25.2. The number of anilines is 2. The van der Waals surface area contributed by atoms with E-state index < -0.39 is 52.8 Å². The van der Waals surface area contributed by atoms with Crippen molar-refractivity contribution in [3.63, 3.8) is 0 Å². The van der Waals surface area contributed by atoms with Crippen LogP contribution in [0.3, 0.4) is 0 Å². The summed E-state index contributed by atoms with van der Waals surface area (Å²) >= 11 is 7.54. The Kier molecular flexibility index (Phi) is 16.8. The van der Waals surface area contributed by atoms with Crippen molar-refractivity contribution in [3.05, 3.63) is 119 Å². The number of alkyl halides is 3. The number of benzene rings is 4. The van der Waals surface area contributed by atoms with Crippen LogP contribution < -0.4 is 20.7 Å². The van der Waals surface area contributed by atoms with E-state index in [0.717, 1.165) is 62.3 Å². The number of amides is 1. The van der Waals surface area contributed by atoms with Crippen LogP contribution in [0.2, 0.25) is 5.02 Å². The quantitative estimate of drug-likeness (QED) is 0.0500. The Morgan fingerprint density at radius 2 is 1.58 bits per heavy atom. The number of hydrogen-bond donors (Lipinski definition) is 4. The van der Waals surface area contributed by atoms with Gasteiger partial charge < -0.3 is 20.7 Å². The SMILES string of the molecule is O=C(NS(=O)(=O)c1ccc(N[C@H](CCCN2CCOCC2)CSc2ccccc2)c(S(=O)(=O)C(F)(F)F)c1)c1ccc(NCCNCC2=C(c3ccc(Cl)cc3)CCCC2)cc1. The fraction of sp³-hybridized carbons (Fsp3) is 0.386. The largest absolute Gasteiger partial charge is 0.501 e. The molecule has 0 saturated carbocycles. The van der Waals surface area contributed by atoms with Crippen LogP contribution >= 0.6 is 23.4 Å². The fourth-order valence-corrected chi connectivity index (χ4v) is 10.5. The Bertz CT molecular complexity index is 2370. The number of thioether (sulfide) groups is 1. The van der Waals surface area contributed by atoms with Crippen LogP contribution in [0.15, 0.2) is 117 Å². The van der Waals surface area contributed by atoms with Crippen LogP contribution in [0.5, 0.6) is 0 Å². The van der Waals surface area contributed by atoms with Crippen molar-refractivity contribution in [1.82, 2.24) is 14.9 Å². The van der Waals surface area contributed by atoms with E-state index in [1.165, 1.54) is 40.6 Å². The Balaban J connectivity index is 1.09. The van der Waals surface area contributed by atoms with E-state index in [0.29, 0.717) is 68.2 Å². The van der Waals surface area contributed by atoms with Crippen molar-refractivity contribution >= 4 is 66.1 Å². The zero-order chi connectivity index (χ0) is 44.2. The molecule has 1 atom stereocenters. The molecule has 1 aliphatic carbocycles. The smallest absolute Gasteiger partial charge is 0.384 e. The van der Waals surface area contributed by atoms with Crippen LogP contribution in [-0.2, 0) is 24.6 Å². The average molecular weight is 935 g/mol. The van der Waals surface area contributed by atoms with Gasteiger partial charge in [-0.3, -0.25) is 9.69 Å². The van der Waals surface area contributed by atoms with Gasteiger partial charge in [-0.2, -0.15) is 13.2 Å². The first-order valence-corrected chi connectivity index (χ1v) is 24.8. The number of carbonyl (C=O) groups is 1. The number of morpholine rings is 1. The van der Waals surface area contributed by atoms with Crippen LogP contribution in [0, 0.1) is 0 Å². The lowest BCUT2D eigenvalue weighted by atomic mass is 9.87. The predicted octanol–water partition coefficient (Wildman–Crippen LogP) is 8.47. The molecule has 4 aromatic carbocycles. The van der Waals surface area contributed by atoms with Gasteiger partial charge >= 0.3 is 5.51 Å². The van der Waals surface area contributed by atoms with E-state index in [4.69, 9.17) is 16.3 Å². The van der Waals surface area contributed by atoms with Gasteiger partial charge in [0.25, 0.3) is 25.8 Å². The molecule has 1 fully saturated rings. The minimum atomic E-state index is -6.04. The third kappa shape index (κ3) is 13.2. The Hall–Kier alpha value is -4.10. The summed E-state index contributed by atoms with van der Waals surface area (Å²) < 4.78 is 103. The molecule has 0 aromatic heterocycles. The van der Waals surface area contributed by atoms with Crippen molar-refractivity contribution in [1.29, 1.82) is 0 Å². The van der Waals surface area contributed by atoms with Crippen LogP contribution in [0.4, 0.5) is 24.5 Å². The average Bonchev–Trinajstić information content (AvgIpc) is 3.26. The maximum absolute atomic E-state index is 14.1. The van der Waals surface area contributed by atoms with Gasteiger partial charge in [0.2, 0.25) is 0 Å². The van der Waals surface area contributed by atoms with Crippen molar-refractivity contribution in [3.8, 4) is 0 Å². The molecule has 11 nitrogen and oxygen atoms in total. The number of allylic oxidation sites excluding steroid dienone is 1. The molecule has 334 valence electrons.